The van der Waals surface area contributed by atoms with Crippen molar-refractivity contribution in [1.82, 2.24) is 4.98 Å². The van der Waals surface area contributed by atoms with Gasteiger partial charge in [0.2, 0.25) is 5.89 Å². The van der Waals surface area contributed by atoms with Gasteiger partial charge in [-0.3, -0.25) is 10.1 Å². The van der Waals surface area contributed by atoms with Crippen molar-refractivity contribution < 1.29 is 18.8 Å². The number of methoxy groups -OCH3 is 2. The molecule has 25 heavy (non-hydrogen) atoms. The molecule has 0 saturated heterocycles. The van der Waals surface area contributed by atoms with E-state index in [0.717, 1.165) is 11.3 Å². The highest BCUT2D eigenvalue weighted by atomic mass is 32.1. The maximum Gasteiger partial charge on any atom is 0.347 e. The number of hydrogen-bond donors (Lipinski definition) is 0. The highest BCUT2D eigenvalue weighted by Crippen LogP contribution is 2.30. The van der Waals surface area contributed by atoms with Crippen molar-refractivity contribution in [3.8, 4) is 11.5 Å². The average Bonchev–Trinajstić information content (AvgIpc) is 3.08. The summed E-state index contributed by atoms with van der Waals surface area (Å²) >= 11 is 1.01. The van der Waals surface area contributed by atoms with Crippen molar-refractivity contribution in [2.24, 2.45) is 0 Å². The van der Waals surface area contributed by atoms with Crippen LogP contribution < -0.4 is 15.1 Å². The van der Waals surface area contributed by atoms with E-state index in [1.807, 2.05) is 0 Å². The molecule has 0 radical (unpaired) electrons. The Labute approximate surface area is 145 Å². The van der Waals surface area contributed by atoms with Gasteiger partial charge in [0, 0.05) is 29.2 Å². The lowest BCUT2D eigenvalue weighted by molar-refractivity contribution is -0.380. The molecule has 9 heteroatoms. The predicted octanol–water partition coefficient (Wildman–Crippen LogP) is 3.35. The van der Waals surface area contributed by atoms with Crippen LogP contribution in [0.5, 0.6) is 11.5 Å². The van der Waals surface area contributed by atoms with Crippen molar-refractivity contribution in [3.05, 3.63) is 55.6 Å². The minimum Gasteiger partial charge on any atom is -0.493 e. The molecule has 0 aliphatic rings. The Morgan fingerprint density at radius 1 is 1.20 bits per heavy atom. The number of rotatable bonds is 5. The van der Waals surface area contributed by atoms with Crippen LogP contribution in [-0.4, -0.2) is 24.1 Å². The summed E-state index contributed by atoms with van der Waals surface area (Å²) in [6.45, 7) is 0. The van der Waals surface area contributed by atoms with Gasteiger partial charge in [0.05, 0.1) is 30.0 Å². The van der Waals surface area contributed by atoms with E-state index >= 15 is 0 Å². The number of aromatic nitrogens is 1. The van der Waals surface area contributed by atoms with Gasteiger partial charge in [-0.2, -0.15) is 0 Å². The van der Waals surface area contributed by atoms with Crippen LogP contribution in [0, 0.1) is 10.1 Å². The van der Waals surface area contributed by atoms with E-state index in [9.17, 15) is 14.9 Å². The molecule has 3 aromatic rings. The van der Waals surface area contributed by atoms with Crippen molar-refractivity contribution in [2.45, 2.75) is 0 Å². The van der Waals surface area contributed by atoms with Crippen LogP contribution >= 0.6 is 11.3 Å². The molecule has 0 aliphatic heterocycles. The van der Waals surface area contributed by atoms with E-state index < -0.39 is 10.5 Å². The third kappa shape index (κ3) is 3.36. The molecule has 2 aromatic heterocycles. The summed E-state index contributed by atoms with van der Waals surface area (Å²) in [5.41, 5.74) is -0.173. The van der Waals surface area contributed by atoms with Gasteiger partial charge in [0.15, 0.2) is 11.5 Å². The quantitative estimate of drug-likeness (QED) is 0.507. The molecule has 0 atom stereocenters. The highest BCUT2D eigenvalue weighted by molar-refractivity contribution is 7.16. The van der Waals surface area contributed by atoms with Crippen molar-refractivity contribution in [3.63, 3.8) is 0 Å². The van der Waals surface area contributed by atoms with Gasteiger partial charge in [0.1, 0.15) is 0 Å². The van der Waals surface area contributed by atoms with Crippen LogP contribution in [0.3, 0.4) is 0 Å². The zero-order chi connectivity index (χ0) is 18.0. The fourth-order valence-corrected chi connectivity index (χ4v) is 2.89. The molecule has 0 aliphatic carbocycles. The molecule has 0 bridgehead atoms. The Balaban J connectivity index is 2.00. The number of fused-ring (bicyclic) bond motifs is 1. The lowest BCUT2D eigenvalue weighted by Crippen LogP contribution is -2.04. The first kappa shape index (κ1) is 16.7. The molecular weight excluding hydrogens is 348 g/mol. The van der Waals surface area contributed by atoms with E-state index in [0.29, 0.717) is 21.9 Å². The molecule has 3 rings (SSSR count). The van der Waals surface area contributed by atoms with Crippen LogP contribution in [0.15, 0.2) is 33.5 Å². The molecule has 0 spiro atoms. The van der Waals surface area contributed by atoms with E-state index in [1.54, 1.807) is 18.2 Å². The average molecular weight is 360 g/mol. The summed E-state index contributed by atoms with van der Waals surface area (Å²) in [5.74, 6) is 0.927. The molecule has 2 heterocycles. The third-order valence-electron chi connectivity index (χ3n) is 3.33. The standard InChI is InChI=1S/C16H12N2O6S/c1-22-12-7-10-11(8-13(12)23-2)17-14(24-16(10)19)5-3-9-4-6-15(25-9)18(20)21/h3-8H,1-2H3/b5-3-. The number of nitro groups is 1. The summed E-state index contributed by atoms with van der Waals surface area (Å²) in [6, 6.07) is 6.10. The fraction of sp³-hybridized carbons (Fsp3) is 0.125. The van der Waals surface area contributed by atoms with Crippen LogP contribution in [0.2, 0.25) is 0 Å². The third-order valence-corrected chi connectivity index (χ3v) is 4.33. The molecule has 0 saturated carbocycles. The molecule has 0 N–H and O–H groups in total. The maximum atomic E-state index is 12.1. The Bertz CT molecular complexity index is 1040. The smallest absolute Gasteiger partial charge is 0.347 e. The first-order valence-electron chi connectivity index (χ1n) is 7.01. The van der Waals surface area contributed by atoms with Gasteiger partial charge < -0.3 is 13.9 Å². The SMILES string of the molecule is COc1cc2nc(/C=C\c3ccc([N+](=O)[O-])s3)oc(=O)c2cc1OC. The van der Waals surface area contributed by atoms with Crippen LogP contribution in [0.4, 0.5) is 5.00 Å². The number of benzene rings is 1. The second kappa shape index (κ2) is 6.73. The van der Waals surface area contributed by atoms with E-state index in [1.165, 1.54) is 32.4 Å². The van der Waals surface area contributed by atoms with Gasteiger partial charge in [0.25, 0.3) is 0 Å². The van der Waals surface area contributed by atoms with E-state index in [2.05, 4.69) is 4.98 Å². The second-order valence-electron chi connectivity index (χ2n) is 4.83. The number of nitrogens with zero attached hydrogens (tertiary/aromatic N) is 2. The molecule has 1 aromatic carbocycles. The minimum absolute atomic E-state index is 0.0319. The van der Waals surface area contributed by atoms with Gasteiger partial charge in [-0.15, -0.1) is 0 Å². The van der Waals surface area contributed by atoms with Crippen molar-refractivity contribution >= 4 is 39.4 Å². The Morgan fingerprint density at radius 2 is 1.92 bits per heavy atom. The minimum atomic E-state index is -0.567. The Hall–Kier alpha value is -3.20. The normalized spacial score (nSPS) is 11.1. The largest absolute Gasteiger partial charge is 0.493 e. The topological polar surface area (TPSA) is 105 Å². The van der Waals surface area contributed by atoms with Crippen LogP contribution in [0.1, 0.15) is 10.8 Å². The zero-order valence-corrected chi connectivity index (χ0v) is 14.0. The van der Waals surface area contributed by atoms with Gasteiger partial charge in [-0.25, -0.2) is 9.78 Å². The summed E-state index contributed by atoms with van der Waals surface area (Å²) in [6.07, 6.45) is 3.07. The van der Waals surface area contributed by atoms with Gasteiger partial charge >= 0.3 is 10.6 Å². The van der Waals surface area contributed by atoms with Gasteiger partial charge in [-0.05, 0) is 12.1 Å². The van der Waals surface area contributed by atoms with Crippen molar-refractivity contribution in [1.29, 1.82) is 0 Å². The van der Waals surface area contributed by atoms with E-state index in [-0.39, 0.29) is 16.3 Å². The lowest BCUT2D eigenvalue weighted by atomic mass is 10.2. The molecule has 8 nitrogen and oxygen atoms in total. The first-order chi connectivity index (χ1) is 12.0. The van der Waals surface area contributed by atoms with E-state index in [4.69, 9.17) is 13.9 Å². The summed E-state index contributed by atoms with van der Waals surface area (Å²) in [4.78, 5) is 27.3. The summed E-state index contributed by atoms with van der Waals surface area (Å²) in [7, 11) is 2.95. The predicted molar refractivity (Wildman–Crippen MR) is 93.3 cm³/mol. The molecule has 128 valence electrons. The lowest BCUT2D eigenvalue weighted by Gasteiger charge is -2.08. The molecule has 0 unspecified atom stereocenters. The monoisotopic (exact) mass is 360 g/mol. The number of ether oxygens (including phenoxy) is 2. The Kier molecular flexibility index (Phi) is 4.48. The molecule has 0 amide bonds. The highest BCUT2D eigenvalue weighted by Gasteiger charge is 2.12. The second-order valence-corrected chi connectivity index (χ2v) is 5.92. The Morgan fingerprint density at radius 3 is 2.56 bits per heavy atom. The summed E-state index contributed by atoms with van der Waals surface area (Å²) < 4.78 is 15.5. The van der Waals surface area contributed by atoms with Crippen LogP contribution in [0.25, 0.3) is 23.1 Å². The molecule has 0 fully saturated rings. The van der Waals surface area contributed by atoms with Gasteiger partial charge in [-0.1, -0.05) is 11.3 Å². The summed E-state index contributed by atoms with van der Waals surface area (Å²) in [5, 5.41) is 11.0. The van der Waals surface area contributed by atoms with Crippen molar-refractivity contribution in [2.75, 3.05) is 14.2 Å². The zero-order valence-electron chi connectivity index (χ0n) is 13.2. The molecular formula is C16H12N2O6S. The van der Waals surface area contributed by atoms with Crippen LogP contribution in [-0.2, 0) is 0 Å². The maximum absolute atomic E-state index is 12.1. The first-order valence-corrected chi connectivity index (χ1v) is 7.82. The number of hydrogen-bond acceptors (Lipinski definition) is 8. The number of thiophene rings is 1. The fourth-order valence-electron chi connectivity index (χ4n) is 2.17.